The fraction of sp³-hybridized carbons (Fsp3) is 0.407. The Morgan fingerprint density at radius 2 is 1.58 bits per heavy atom. The van der Waals surface area contributed by atoms with Gasteiger partial charge in [0.1, 0.15) is 18.0 Å². The Morgan fingerprint density at radius 3 is 2.26 bits per heavy atom. The summed E-state index contributed by atoms with van der Waals surface area (Å²) in [5.74, 6) is 0.755. The van der Waals surface area contributed by atoms with E-state index in [1.54, 1.807) is 0 Å². The molecular weight excluding hydrogens is 400 g/mol. The minimum Gasteiger partial charge on any atom is -0.489 e. The zero-order valence-corrected chi connectivity index (χ0v) is 20.7. The Hall–Kier alpha value is -2.14. The fourth-order valence-corrected chi connectivity index (χ4v) is 4.31. The lowest BCUT2D eigenvalue weighted by atomic mass is 9.92. The van der Waals surface area contributed by atoms with Gasteiger partial charge in [-0.25, -0.2) is 0 Å². The van der Waals surface area contributed by atoms with E-state index < -0.39 is 13.9 Å². The van der Waals surface area contributed by atoms with E-state index in [0.717, 1.165) is 16.9 Å². The predicted octanol–water partition coefficient (Wildman–Crippen LogP) is 7.04. The van der Waals surface area contributed by atoms with Crippen molar-refractivity contribution < 1.29 is 14.3 Å². The summed E-state index contributed by atoms with van der Waals surface area (Å²) in [4.78, 5) is 0. The first-order valence-electron chi connectivity index (χ1n) is 11.1. The molecule has 0 aliphatic rings. The smallest absolute Gasteiger partial charge is 0.192 e. The van der Waals surface area contributed by atoms with E-state index in [2.05, 4.69) is 64.2 Å². The van der Waals surface area contributed by atoms with Gasteiger partial charge in [-0.2, -0.15) is 0 Å². The quantitative estimate of drug-likeness (QED) is 0.385. The van der Waals surface area contributed by atoms with Crippen LogP contribution in [0.2, 0.25) is 18.1 Å². The summed E-state index contributed by atoms with van der Waals surface area (Å²) < 4.78 is 12.4. The van der Waals surface area contributed by atoms with Crippen molar-refractivity contribution in [1.82, 2.24) is 0 Å². The van der Waals surface area contributed by atoms with Crippen LogP contribution in [0.15, 0.2) is 66.7 Å². The number of hydrogen-bond donors (Lipinski definition) is 1. The molecule has 166 valence electrons. The van der Waals surface area contributed by atoms with E-state index in [-0.39, 0.29) is 5.04 Å². The molecule has 0 aromatic heterocycles. The molecule has 0 fully saturated rings. The van der Waals surface area contributed by atoms with Gasteiger partial charge in [-0.15, -0.1) is 0 Å². The number of aliphatic hydroxyl groups is 1. The third-order valence-corrected chi connectivity index (χ3v) is 11.1. The van der Waals surface area contributed by atoms with E-state index >= 15 is 0 Å². The highest BCUT2D eigenvalue weighted by Crippen LogP contribution is 2.38. The number of rotatable bonds is 8. The average molecular weight is 437 g/mol. The standard InChI is InChI=1S/C27H36O3Si/c1-7-27(28,20-30-31(5,6)26(2,3)4)24-13-10-14-25(18-24)29-19-21-15-16-22-11-8-9-12-23(22)17-21/h8-18,28H,7,19-20H2,1-6H3. The van der Waals surface area contributed by atoms with Crippen LogP contribution in [-0.4, -0.2) is 20.0 Å². The lowest BCUT2D eigenvalue weighted by Crippen LogP contribution is -2.45. The van der Waals surface area contributed by atoms with Crippen molar-refractivity contribution >= 4 is 19.1 Å². The molecule has 0 aliphatic carbocycles. The van der Waals surface area contributed by atoms with Gasteiger partial charge >= 0.3 is 0 Å². The zero-order valence-electron chi connectivity index (χ0n) is 19.7. The summed E-state index contributed by atoms with van der Waals surface area (Å²) >= 11 is 0. The SMILES string of the molecule is CCC(O)(CO[Si](C)(C)C(C)(C)C)c1cccc(OCc2ccc3ccccc3c2)c1. The summed E-state index contributed by atoms with van der Waals surface area (Å²) in [6.45, 7) is 13.9. The highest BCUT2D eigenvalue weighted by Gasteiger charge is 2.40. The van der Waals surface area contributed by atoms with Gasteiger partial charge < -0.3 is 14.3 Å². The normalized spacial score (nSPS) is 14.4. The molecular formula is C27H36O3Si. The van der Waals surface area contributed by atoms with Crippen molar-refractivity contribution in [2.45, 2.75) is 64.5 Å². The van der Waals surface area contributed by atoms with Gasteiger partial charge in [0.25, 0.3) is 0 Å². The monoisotopic (exact) mass is 436 g/mol. The van der Waals surface area contributed by atoms with E-state index in [0.29, 0.717) is 19.6 Å². The maximum atomic E-state index is 11.4. The van der Waals surface area contributed by atoms with Crippen LogP contribution >= 0.6 is 0 Å². The molecule has 0 radical (unpaired) electrons. The molecule has 0 spiro atoms. The molecule has 1 atom stereocenters. The molecule has 0 amide bonds. The minimum atomic E-state index is -1.95. The van der Waals surface area contributed by atoms with Crippen molar-refractivity contribution in [2.75, 3.05) is 6.61 Å². The van der Waals surface area contributed by atoms with Crippen molar-refractivity contribution in [3.8, 4) is 5.75 Å². The van der Waals surface area contributed by atoms with Crippen molar-refractivity contribution in [3.05, 3.63) is 77.9 Å². The number of fused-ring (bicyclic) bond motifs is 1. The van der Waals surface area contributed by atoms with Crippen molar-refractivity contribution in [1.29, 1.82) is 0 Å². The van der Waals surface area contributed by atoms with Crippen LogP contribution in [0.4, 0.5) is 0 Å². The second-order valence-corrected chi connectivity index (χ2v) is 14.7. The molecule has 3 rings (SSSR count). The van der Waals surface area contributed by atoms with Gasteiger partial charge in [0.15, 0.2) is 8.32 Å². The molecule has 0 heterocycles. The molecule has 4 heteroatoms. The molecule has 0 aliphatic heterocycles. The maximum Gasteiger partial charge on any atom is 0.192 e. The Bertz CT molecular complexity index is 1020. The third kappa shape index (κ3) is 5.56. The van der Waals surface area contributed by atoms with Gasteiger partial charge in [-0.3, -0.25) is 0 Å². The third-order valence-electron chi connectivity index (χ3n) is 6.65. The van der Waals surface area contributed by atoms with Crippen LogP contribution in [-0.2, 0) is 16.6 Å². The predicted molar refractivity (Wildman–Crippen MR) is 132 cm³/mol. The molecule has 0 saturated carbocycles. The van der Waals surface area contributed by atoms with Gasteiger partial charge in [0.2, 0.25) is 0 Å². The highest BCUT2D eigenvalue weighted by molar-refractivity contribution is 6.74. The van der Waals surface area contributed by atoms with E-state index in [1.165, 1.54) is 10.8 Å². The van der Waals surface area contributed by atoms with Crippen molar-refractivity contribution in [2.24, 2.45) is 0 Å². The Labute approximate surface area is 188 Å². The van der Waals surface area contributed by atoms with E-state index in [4.69, 9.17) is 9.16 Å². The first kappa shape index (κ1) is 23.5. The largest absolute Gasteiger partial charge is 0.489 e. The zero-order chi connectivity index (χ0) is 22.7. The molecule has 3 aromatic rings. The van der Waals surface area contributed by atoms with Gasteiger partial charge in [-0.1, -0.05) is 76.2 Å². The van der Waals surface area contributed by atoms with Gasteiger partial charge in [0.05, 0.1) is 6.61 Å². The molecule has 3 aromatic carbocycles. The summed E-state index contributed by atoms with van der Waals surface area (Å²) in [5.41, 5.74) is 0.929. The summed E-state index contributed by atoms with van der Waals surface area (Å²) in [7, 11) is -1.95. The fourth-order valence-electron chi connectivity index (χ4n) is 3.28. The lowest BCUT2D eigenvalue weighted by Gasteiger charge is -2.39. The lowest BCUT2D eigenvalue weighted by molar-refractivity contribution is -0.0176. The van der Waals surface area contributed by atoms with E-state index in [1.807, 2.05) is 43.3 Å². The number of ether oxygens (including phenoxy) is 1. The first-order chi connectivity index (χ1) is 14.5. The van der Waals surface area contributed by atoms with Crippen LogP contribution in [0.25, 0.3) is 10.8 Å². The second kappa shape index (κ2) is 9.15. The van der Waals surface area contributed by atoms with Crippen LogP contribution in [0.3, 0.4) is 0 Å². The van der Waals surface area contributed by atoms with Gasteiger partial charge in [0, 0.05) is 0 Å². The van der Waals surface area contributed by atoms with Crippen LogP contribution < -0.4 is 4.74 Å². The first-order valence-corrected chi connectivity index (χ1v) is 14.0. The summed E-state index contributed by atoms with van der Waals surface area (Å²) in [6.07, 6.45) is 0.579. The topological polar surface area (TPSA) is 38.7 Å². The molecule has 1 unspecified atom stereocenters. The Morgan fingerprint density at radius 1 is 0.871 bits per heavy atom. The molecule has 3 nitrogen and oxygen atoms in total. The minimum absolute atomic E-state index is 0.104. The number of hydrogen-bond acceptors (Lipinski definition) is 3. The average Bonchev–Trinajstić information content (AvgIpc) is 2.75. The number of benzene rings is 3. The van der Waals surface area contributed by atoms with Crippen LogP contribution in [0, 0.1) is 0 Å². The van der Waals surface area contributed by atoms with E-state index in [9.17, 15) is 5.11 Å². The van der Waals surface area contributed by atoms with Crippen LogP contribution in [0.5, 0.6) is 5.75 Å². The Kier molecular flexibility index (Phi) is 6.94. The Balaban J connectivity index is 1.72. The van der Waals surface area contributed by atoms with Crippen molar-refractivity contribution in [3.63, 3.8) is 0 Å². The molecule has 1 N–H and O–H groups in total. The maximum absolute atomic E-state index is 11.4. The molecule has 0 saturated heterocycles. The summed E-state index contributed by atoms with van der Waals surface area (Å²) in [5, 5.41) is 13.9. The molecule has 31 heavy (non-hydrogen) atoms. The highest BCUT2D eigenvalue weighted by atomic mass is 28.4. The second-order valence-electron chi connectivity index (χ2n) is 9.93. The van der Waals surface area contributed by atoms with Gasteiger partial charge in [-0.05, 0) is 64.7 Å². The summed E-state index contributed by atoms with van der Waals surface area (Å²) in [6, 6.07) is 22.5. The molecule has 0 bridgehead atoms. The van der Waals surface area contributed by atoms with Crippen LogP contribution in [0.1, 0.15) is 45.2 Å².